The van der Waals surface area contributed by atoms with Crippen molar-refractivity contribution < 1.29 is 33.4 Å². The molecule has 10 heteroatoms. The maximum absolute atomic E-state index is 14.1. The maximum Gasteiger partial charge on any atom is 0.320 e. The number of pyridine rings is 2. The topological polar surface area (TPSA) is 142 Å². The Hall–Kier alpha value is -3.82. The van der Waals surface area contributed by atoms with Crippen molar-refractivity contribution in [2.75, 3.05) is 20.3 Å². The van der Waals surface area contributed by atoms with Crippen molar-refractivity contribution in [3.05, 3.63) is 55.1 Å². The van der Waals surface area contributed by atoms with E-state index in [4.69, 9.17) is 14.2 Å². The molecule has 0 radical (unpaired) electrons. The summed E-state index contributed by atoms with van der Waals surface area (Å²) in [5, 5.41) is 0. The van der Waals surface area contributed by atoms with E-state index < -0.39 is 35.0 Å². The van der Waals surface area contributed by atoms with Crippen LogP contribution in [0, 0.1) is 12.8 Å². The molecule has 1 N–H and O–H groups in total. The molecule has 0 spiro atoms. The summed E-state index contributed by atoms with van der Waals surface area (Å²) >= 11 is 0. The van der Waals surface area contributed by atoms with Gasteiger partial charge in [0.1, 0.15) is 11.4 Å². The second kappa shape index (κ2) is 12.1. The summed E-state index contributed by atoms with van der Waals surface area (Å²) in [6.45, 7) is 8.86. The fraction of sp³-hybridized carbons (Fsp3) is 0.500. The molecule has 0 saturated carbocycles. The number of ketones is 2. The lowest BCUT2D eigenvalue weighted by molar-refractivity contribution is -0.161. The Kier molecular flexibility index (Phi) is 9.19. The number of carbonyl (C=O) groups is 4. The SMILES string of the molecule is CCCc1c(CC(C(=O)OCC)C(=O)OCC)c(OC)nc2c1C(=O)c1c([nH]c(=O)c(C)c1CCC)C2=O. The Bertz CT molecular complexity index is 1320. The van der Waals surface area contributed by atoms with Crippen LogP contribution in [0.1, 0.15) is 94.9 Å². The fourth-order valence-electron chi connectivity index (χ4n) is 4.89. The van der Waals surface area contributed by atoms with Crippen molar-refractivity contribution in [3.63, 3.8) is 0 Å². The number of hydrogen-bond donors (Lipinski definition) is 1. The normalized spacial score (nSPS) is 12.3. The van der Waals surface area contributed by atoms with Crippen LogP contribution in [0.5, 0.6) is 5.88 Å². The van der Waals surface area contributed by atoms with Crippen LogP contribution in [0.4, 0.5) is 0 Å². The lowest BCUT2D eigenvalue weighted by Gasteiger charge is -2.26. The number of ether oxygens (including phenoxy) is 3. The third-order valence-electron chi connectivity index (χ3n) is 6.60. The number of H-pyrrole nitrogens is 1. The Morgan fingerprint density at radius 1 is 0.842 bits per heavy atom. The molecule has 2 heterocycles. The number of aromatic amines is 1. The lowest BCUT2D eigenvalue weighted by Crippen LogP contribution is -2.33. The van der Waals surface area contributed by atoms with E-state index in [1.54, 1.807) is 20.8 Å². The molecule has 2 aromatic heterocycles. The van der Waals surface area contributed by atoms with Gasteiger partial charge in [0.15, 0.2) is 11.7 Å². The van der Waals surface area contributed by atoms with Crippen LogP contribution in [-0.4, -0.2) is 53.8 Å². The molecule has 0 atom stereocenters. The first-order chi connectivity index (χ1) is 18.2. The highest BCUT2D eigenvalue weighted by atomic mass is 16.6. The minimum Gasteiger partial charge on any atom is -0.481 e. The van der Waals surface area contributed by atoms with Crippen molar-refractivity contribution in [2.45, 2.75) is 66.7 Å². The summed E-state index contributed by atoms with van der Waals surface area (Å²) in [7, 11) is 1.35. The zero-order chi connectivity index (χ0) is 28.1. The van der Waals surface area contributed by atoms with Crippen LogP contribution in [0.25, 0.3) is 0 Å². The number of methoxy groups -OCH3 is 1. The molecular weight excluding hydrogens is 492 g/mol. The summed E-state index contributed by atoms with van der Waals surface area (Å²) in [5.41, 5.74) is 1.40. The molecule has 0 bridgehead atoms. The van der Waals surface area contributed by atoms with E-state index in [1.807, 2.05) is 13.8 Å². The molecule has 0 saturated heterocycles. The Morgan fingerprint density at radius 2 is 1.42 bits per heavy atom. The molecular formula is C28H34N2O8. The third kappa shape index (κ3) is 5.12. The number of hydrogen-bond acceptors (Lipinski definition) is 9. The molecule has 1 aliphatic carbocycles. The van der Waals surface area contributed by atoms with E-state index in [1.165, 1.54) is 7.11 Å². The molecule has 204 valence electrons. The summed E-state index contributed by atoms with van der Waals surface area (Å²) in [5.74, 6) is -3.84. The second-order valence-electron chi connectivity index (χ2n) is 9.03. The Morgan fingerprint density at radius 3 is 1.95 bits per heavy atom. The van der Waals surface area contributed by atoms with E-state index >= 15 is 0 Å². The quantitative estimate of drug-likeness (QED) is 0.295. The van der Waals surface area contributed by atoms with Crippen LogP contribution in [0.15, 0.2) is 4.79 Å². The van der Waals surface area contributed by atoms with Gasteiger partial charge in [0.25, 0.3) is 5.56 Å². The average Bonchev–Trinajstić information content (AvgIpc) is 2.88. The molecule has 0 fully saturated rings. The predicted molar refractivity (Wildman–Crippen MR) is 138 cm³/mol. The monoisotopic (exact) mass is 526 g/mol. The maximum atomic E-state index is 14.1. The minimum absolute atomic E-state index is 0.0126. The van der Waals surface area contributed by atoms with Gasteiger partial charge < -0.3 is 19.2 Å². The molecule has 3 rings (SSSR count). The van der Waals surface area contributed by atoms with E-state index in [0.29, 0.717) is 47.9 Å². The van der Waals surface area contributed by atoms with Gasteiger partial charge in [0.2, 0.25) is 11.7 Å². The fourth-order valence-corrected chi connectivity index (χ4v) is 4.89. The average molecular weight is 527 g/mol. The summed E-state index contributed by atoms with van der Waals surface area (Å²) < 4.78 is 15.8. The highest BCUT2D eigenvalue weighted by molar-refractivity contribution is 6.28. The predicted octanol–water partition coefficient (Wildman–Crippen LogP) is 3.05. The van der Waals surface area contributed by atoms with Gasteiger partial charge in [-0.15, -0.1) is 0 Å². The van der Waals surface area contributed by atoms with Gasteiger partial charge in [-0.25, -0.2) is 4.98 Å². The van der Waals surface area contributed by atoms with Crippen molar-refractivity contribution >= 4 is 23.5 Å². The zero-order valence-corrected chi connectivity index (χ0v) is 22.7. The highest BCUT2D eigenvalue weighted by Crippen LogP contribution is 2.37. The second-order valence-corrected chi connectivity index (χ2v) is 9.03. The van der Waals surface area contributed by atoms with Crippen LogP contribution in [0.3, 0.4) is 0 Å². The summed E-state index contributed by atoms with van der Waals surface area (Å²) in [6.07, 6.45) is 1.88. The Balaban J connectivity index is 2.32. The van der Waals surface area contributed by atoms with Crippen LogP contribution < -0.4 is 10.3 Å². The molecule has 0 amide bonds. The molecule has 38 heavy (non-hydrogen) atoms. The van der Waals surface area contributed by atoms with Gasteiger partial charge in [-0.3, -0.25) is 24.0 Å². The number of rotatable bonds is 11. The van der Waals surface area contributed by atoms with Crippen LogP contribution in [-0.2, 0) is 38.3 Å². The number of aromatic nitrogens is 2. The molecule has 0 aliphatic heterocycles. The highest BCUT2D eigenvalue weighted by Gasteiger charge is 2.40. The lowest BCUT2D eigenvalue weighted by atomic mass is 9.80. The van der Waals surface area contributed by atoms with Gasteiger partial charge in [-0.1, -0.05) is 26.7 Å². The summed E-state index contributed by atoms with van der Waals surface area (Å²) in [4.78, 5) is 72.8. The smallest absolute Gasteiger partial charge is 0.320 e. The van der Waals surface area contributed by atoms with Gasteiger partial charge >= 0.3 is 11.9 Å². The van der Waals surface area contributed by atoms with Crippen molar-refractivity contribution in [1.82, 2.24) is 9.97 Å². The molecule has 10 nitrogen and oxygen atoms in total. The third-order valence-corrected chi connectivity index (χ3v) is 6.60. The van der Waals surface area contributed by atoms with E-state index in [9.17, 15) is 24.0 Å². The first kappa shape index (κ1) is 28.7. The largest absolute Gasteiger partial charge is 0.481 e. The first-order valence-electron chi connectivity index (χ1n) is 12.9. The molecule has 0 unspecified atom stereocenters. The van der Waals surface area contributed by atoms with Gasteiger partial charge in [-0.2, -0.15) is 0 Å². The van der Waals surface area contributed by atoms with E-state index in [2.05, 4.69) is 9.97 Å². The van der Waals surface area contributed by atoms with Gasteiger partial charge in [0, 0.05) is 17.5 Å². The van der Waals surface area contributed by atoms with Gasteiger partial charge in [-0.05, 0) is 44.7 Å². The minimum atomic E-state index is -1.31. The Labute approximate surface area is 221 Å². The number of carbonyl (C=O) groups excluding carboxylic acids is 4. The standard InChI is InChI=1S/C28H34N2O8/c1-7-11-15-14(5)25(33)29-21-19(15)23(31)20-16(12-8-2)17(26(36-6)30-22(20)24(21)32)13-18(27(34)37-9-3)28(35)38-10-4/h18H,7-13H2,1-6H3,(H,29,33). The van der Waals surface area contributed by atoms with Crippen molar-refractivity contribution in [2.24, 2.45) is 5.92 Å². The van der Waals surface area contributed by atoms with Crippen LogP contribution in [0.2, 0.25) is 0 Å². The number of fused-ring (bicyclic) bond motifs is 2. The molecule has 1 aliphatic rings. The number of nitrogens with one attached hydrogen (secondary N) is 1. The van der Waals surface area contributed by atoms with Crippen LogP contribution >= 0.6 is 0 Å². The summed E-state index contributed by atoms with van der Waals surface area (Å²) in [6, 6.07) is 0. The van der Waals surface area contributed by atoms with E-state index in [-0.39, 0.29) is 48.0 Å². The van der Waals surface area contributed by atoms with E-state index in [0.717, 1.165) is 0 Å². The molecule has 0 aromatic carbocycles. The zero-order valence-electron chi connectivity index (χ0n) is 22.7. The molecule has 2 aromatic rings. The van der Waals surface area contributed by atoms with Crippen molar-refractivity contribution in [1.29, 1.82) is 0 Å². The first-order valence-corrected chi connectivity index (χ1v) is 12.9. The number of nitrogens with zero attached hydrogens (tertiary/aromatic N) is 1. The van der Waals surface area contributed by atoms with Gasteiger partial charge in [0.05, 0.1) is 31.5 Å². The van der Waals surface area contributed by atoms with Crippen molar-refractivity contribution in [3.8, 4) is 5.88 Å². The number of esters is 2.